The van der Waals surface area contributed by atoms with Crippen molar-refractivity contribution in [2.75, 3.05) is 19.8 Å². The van der Waals surface area contributed by atoms with Crippen molar-refractivity contribution in [1.82, 2.24) is 14.7 Å². The van der Waals surface area contributed by atoms with E-state index in [1.54, 1.807) is 11.3 Å². The topological polar surface area (TPSA) is 38.6 Å². The first kappa shape index (κ1) is 14.5. The van der Waals surface area contributed by atoms with Gasteiger partial charge in [0, 0.05) is 43.5 Å². The number of aromatic nitrogens is 2. The van der Waals surface area contributed by atoms with Gasteiger partial charge in [0.05, 0.1) is 5.69 Å². The van der Waals surface area contributed by atoms with Crippen molar-refractivity contribution < 1.29 is 4.74 Å². The maximum atomic E-state index is 5.40. The van der Waals surface area contributed by atoms with E-state index in [1.807, 2.05) is 6.92 Å². The SMILES string of the molecule is CCNC(CCCOCC)Cc1cn2ccsc2n1. The maximum Gasteiger partial charge on any atom is 0.193 e. The molecule has 106 valence electrons. The number of nitrogens with one attached hydrogen (secondary N) is 1. The second-order valence-corrected chi connectivity index (χ2v) is 5.50. The van der Waals surface area contributed by atoms with Crippen molar-refractivity contribution in [2.24, 2.45) is 0 Å². The quantitative estimate of drug-likeness (QED) is 0.718. The van der Waals surface area contributed by atoms with Crippen LogP contribution in [0.15, 0.2) is 17.8 Å². The van der Waals surface area contributed by atoms with Gasteiger partial charge in [0.15, 0.2) is 4.96 Å². The van der Waals surface area contributed by atoms with E-state index in [4.69, 9.17) is 4.74 Å². The average molecular weight is 281 g/mol. The second-order valence-electron chi connectivity index (χ2n) is 4.62. The van der Waals surface area contributed by atoms with E-state index in [9.17, 15) is 0 Å². The average Bonchev–Trinajstić information content (AvgIpc) is 2.95. The molecular formula is C14H23N3OS. The van der Waals surface area contributed by atoms with Gasteiger partial charge in [-0.05, 0) is 26.3 Å². The molecule has 0 aliphatic rings. The summed E-state index contributed by atoms with van der Waals surface area (Å²) in [5.74, 6) is 0. The van der Waals surface area contributed by atoms with Crippen LogP contribution in [0.2, 0.25) is 0 Å². The Morgan fingerprint density at radius 3 is 3.11 bits per heavy atom. The Balaban J connectivity index is 1.86. The normalized spacial score (nSPS) is 13.2. The van der Waals surface area contributed by atoms with Crippen LogP contribution in [0.5, 0.6) is 0 Å². The van der Waals surface area contributed by atoms with Crippen LogP contribution < -0.4 is 5.32 Å². The monoisotopic (exact) mass is 281 g/mol. The van der Waals surface area contributed by atoms with Gasteiger partial charge in [-0.3, -0.25) is 4.40 Å². The molecule has 0 saturated carbocycles. The van der Waals surface area contributed by atoms with Crippen LogP contribution >= 0.6 is 11.3 Å². The number of hydrogen-bond donors (Lipinski definition) is 1. The molecule has 0 radical (unpaired) electrons. The van der Waals surface area contributed by atoms with Crippen molar-refractivity contribution in [3.8, 4) is 0 Å². The van der Waals surface area contributed by atoms with E-state index in [1.165, 1.54) is 5.69 Å². The minimum absolute atomic E-state index is 0.495. The van der Waals surface area contributed by atoms with E-state index in [0.717, 1.165) is 44.0 Å². The van der Waals surface area contributed by atoms with Gasteiger partial charge >= 0.3 is 0 Å². The Labute approximate surface area is 118 Å². The summed E-state index contributed by atoms with van der Waals surface area (Å²) in [5.41, 5.74) is 1.18. The lowest BCUT2D eigenvalue weighted by Crippen LogP contribution is -2.31. The van der Waals surface area contributed by atoms with Gasteiger partial charge in [-0.15, -0.1) is 11.3 Å². The summed E-state index contributed by atoms with van der Waals surface area (Å²) in [6.07, 6.45) is 7.44. The number of thiazole rings is 1. The van der Waals surface area contributed by atoms with Crippen molar-refractivity contribution in [3.63, 3.8) is 0 Å². The largest absolute Gasteiger partial charge is 0.382 e. The standard InChI is InChI=1S/C14H23N3OS/c1-3-15-12(6-5-8-18-4-2)10-13-11-17-7-9-19-14(17)16-13/h7,9,11-12,15H,3-6,8,10H2,1-2H3. The second kappa shape index (κ2) is 7.62. The van der Waals surface area contributed by atoms with Gasteiger partial charge in [0.1, 0.15) is 0 Å². The first-order valence-electron chi connectivity index (χ1n) is 7.05. The minimum atomic E-state index is 0.495. The number of fused-ring (bicyclic) bond motifs is 1. The third kappa shape index (κ3) is 4.30. The van der Waals surface area contributed by atoms with E-state index in [2.05, 4.69) is 39.4 Å². The van der Waals surface area contributed by atoms with Crippen LogP contribution in [0.4, 0.5) is 0 Å². The van der Waals surface area contributed by atoms with Gasteiger partial charge in [-0.25, -0.2) is 4.98 Å². The summed E-state index contributed by atoms with van der Waals surface area (Å²) < 4.78 is 7.50. The molecule has 1 unspecified atom stereocenters. The van der Waals surface area contributed by atoms with Crippen molar-refractivity contribution in [2.45, 2.75) is 39.2 Å². The van der Waals surface area contributed by atoms with Gasteiger partial charge in [-0.2, -0.15) is 0 Å². The molecule has 4 nitrogen and oxygen atoms in total. The zero-order chi connectivity index (χ0) is 13.5. The smallest absolute Gasteiger partial charge is 0.193 e. The highest BCUT2D eigenvalue weighted by Gasteiger charge is 2.11. The number of imidazole rings is 1. The molecule has 0 spiro atoms. The zero-order valence-electron chi connectivity index (χ0n) is 11.8. The van der Waals surface area contributed by atoms with Crippen molar-refractivity contribution in [1.29, 1.82) is 0 Å². The number of ether oxygens (including phenoxy) is 1. The fourth-order valence-corrected chi connectivity index (χ4v) is 2.99. The van der Waals surface area contributed by atoms with E-state index >= 15 is 0 Å². The summed E-state index contributed by atoms with van der Waals surface area (Å²) in [5, 5.41) is 5.61. The van der Waals surface area contributed by atoms with Crippen LogP contribution in [-0.4, -0.2) is 35.2 Å². The molecule has 19 heavy (non-hydrogen) atoms. The number of rotatable bonds is 9. The molecule has 5 heteroatoms. The predicted octanol–water partition coefficient (Wildman–Crippen LogP) is 2.73. The molecule has 0 amide bonds. The van der Waals surface area contributed by atoms with Crippen LogP contribution in [0.3, 0.4) is 0 Å². The summed E-state index contributed by atoms with van der Waals surface area (Å²) in [7, 11) is 0. The molecule has 0 bridgehead atoms. The molecular weight excluding hydrogens is 258 g/mol. The molecule has 1 atom stereocenters. The Hall–Kier alpha value is -0.910. The minimum Gasteiger partial charge on any atom is -0.382 e. The van der Waals surface area contributed by atoms with Gasteiger partial charge in [-0.1, -0.05) is 6.92 Å². The molecule has 2 heterocycles. The molecule has 2 aromatic heterocycles. The molecule has 2 rings (SSSR count). The lowest BCUT2D eigenvalue weighted by Gasteiger charge is -2.16. The van der Waals surface area contributed by atoms with Gasteiger partial charge < -0.3 is 10.1 Å². The third-order valence-electron chi connectivity index (χ3n) is 3.14. The number of nitrogens with zero attached hydrogens (tertiary/aromatic N) is 2. The van der Waals surface area contributed by atoms with E-state index in [-0.39, 0.29) is 0 Å². The zero-order valence-corrected chi connectivity index (χ0v) is 12.6. The lowest BCUT2D eigenvalue weighted by molar-refractivity contribution is 0.140. The molecule has 2 aromatic rings. The Morgan fingerprint density at radius 2 is 2.37 bits per heavy atom. The Bertz CT molecular complexity index is 451. The summed E-state index contributed by atoms with van der Waals surface area (Å²) in [4.78, 5) is 5.73. The summed E-state index contributed by atoms with van der Waals surface area (Å²) >= 11 is 1.68. The summed E-state index contributed by atoms with van der Waals surface area (Å²) in [6.45, 7) is 6.86. The highest BCUT2D eigenvalue weighted by Crippen LogP contribution is 2.13. The Kier molecular flexibility index (Phi) is 5.82. The van der Waals surface area contributed by atoms with Gasteiger partial charge in [0.25, 0.3) is 0 Å². The van der Waals surface area contributed by atoms with Crippen LogP contribution in [-0.2, 0) is 11.2 Å². The summed E-state index contributed by atoms with van der Waals surface area (Å²) in [6, 6.07) is 0.495. The fourth-order valence-electron chi connectivity index (χ4n) is 2.27. The highest BCUT2D eigenvalue weighted by atomic mass is 32.1. The first-order chi connectivity index (χ1) is 9.33. The molecule has 0 aliphatic carbocycles. The fraction of sp³-hybridized carbons (Fsp3) is 0.643. The highest BCUT2D eigenvalue weighted by molar-refractivity contribution is 7.15. The molecule has 0 fully saturated rings. The molecule has 0 saturated heterocycles. The Morgan fingerprint density at radius 1 is 1.47 bits per heavy atom. The van der Waals surface area contributed by atoms with Crippen LogP contribution in [0, 0.1) is 0 Å². The molecule has 1 N–H and O–H groups in total. The lowest BCUT2D eigenvalue weighted by atomic mass is 10.1. The molecule has 0 aromatic carbocycles. The number of hydrogen-bond acceptors (Lipinski definition) is 4. The van der Waals surface area contributed by atoms with E-state index < -0.39 is 0 Å². The molecule has 0 aliphatic heterocycles. The van der Waals surface area contributed by atoms with Crippen molar-refractivity contribution >= 4 is 16.3 Å². The van der Waals surface area contributed by atoms with Gasteiger partial charge in [0.2, 0.25) is 0 Å². The van der Waals surface area contributed by atoms with Crippen LogP contribution in [0.1, 0.15) is 32.4 Å². The first-order valence-corrected chi connectivity index (χ1v) is 7.93. The number of likely N-dealkylation sites (N-methyl/N-ethyl adjacent to an activating group) is 1. The van der Waals surface area contributed by atoms with E-state index in [0.29, 0.717) is 6.04 Å². The maximum absolute atomic E-state index is 5.40. The van der Waals surface area contributed by atoms with Crippen molar-refractivity contribution in [3.05, 3.63) is 23.5 Å². The predicted molar refractivity (Wildman–Crippen MR) is 80.0 cm³/mol. The van der Waals surface area contributed by atoms with Crippen LogP contribution in [0.25, 0.3) is 4.96 Å². The third-order valence-corrected chi connectivity index (χ3v) is 3.91.